The average Bonchev–Trinajstić information content (AvgIpc) is 2.56. The molecule has 2 heteroatoms. The van der Waals surface area contributed by atoms with Gasteiger partial charge in [-0.25, -0.2) is 0 Å². The molecule has 112 valence electrons. The Labute approximate surface area is 124 Å². The Bertz CT molecular complexity index is 443. The Hall–Kier alpha value is -0.860. The summed E-state index contributed by atoms with van der Waals surface area (Å²) in [6.45, 7) is 15.9. The van der Waals surface area contributed by atoms with Gasteiger partial charge < -0.3 is 5.32 Å². The van der Waals surface area contributed by atoms with Crippen LogP contribution in [0.3, 0.4) is 0 Å². The van der Waals surface area contributed by atoms with Crippen molar-refractivity contribution in [2.75, 3.05) is 19.6 Å². The molecule has 0 aromatic heterocycles. The summed E-state index contributed by atoms with van der Waals surface area (Å²) < 4.78 is 0. The van der Waals surface area contributed by atoms with Crippen LogP contribution in [0.2, 0.25) is 0 Å². The molecule has 0 spiro atoms. The van der Waals surface area contributed by atoms with E-state index in [1.807, 2.05) is 0 Å². The highest BCUT2D eigenvalue weighted by atomic mass is 15.2. The topological polar surface area (TPSA) is 15.3 Å². The van der Waals surface area contributed by atoms with Crippen LogP contribution in [0.5, 0.6) is 0 Å². The Balaban J connectivity index is 2.16. The zero-order valence-corrected chi connectivity index (χ0v) is 13.8. The highest BCUT2D eigenvalue weighted by Gasteiger charge is 2.27. The lowest BCUT2D eigenvalue weighted by atomic mass is 9.96. The van der Waals surface area contributed by atoms with Crippen molar-refractivity contribution in [1.29, 1.82) is 0 Å². The number of hydrogen-bond acceptors (Lipinski definition) is 2. The van der Waals surface area contributed by atoms with Crippen LogP contribution in [-0.2, 0) is 6.54 Å². The summed E-state index contributed by atoms with van der Waals surface area (Å²) in [5, 5.41) is 3.72. The van der Waals surface area contributed by atoms with E-state index < -0.39 is 0 Å². The van der Waals surface area contributed by atoms with E-state index in [9.17, 15) is 0 Å². The lowest BCUT2D eigenvalue weighted by Gasteiger charge is -2.33. The van der Waals surface area contributed by atoms with E-state index >= 15 is 0 Å². The third-order valence-corrected chi connectivity index (χ3v) is 4.78. The smallest absolute Gasteiger partial charge is 0.0277 e. The highest BCUT2D eigenvalue weighted by molar-refractivity contribution is 5.37. The summed E-state index contributed by atoms with van der Waals surface area (Å²) in [7, 11) is 0. The van der Waals surface area contributed by atoms with Crippen LogP contribution in [0.25, 0.3) is 0 Å². The van der Waals surface area contributed by atoms with Gasteiger partial charge in [-0.05, 0) is 70.3 Å². The van der Waals surface area contributed by atoms with E-state index in [4.69, 9.17) is 0 Å². The standard InChI is InChI=1S/C18H30N2/c1-6-18(5)13-20(9-7-8-19-18)12-17-15(3)10-14(2)11-16(17)4/h10-11,19H,6-9,12-13H2,1-5H3. The number of benzene rings is 1. The van der Waals surface area contributed by atoms with Crippen molar-refractivity contribution in [3.05, 3.63) is 34.4 Å². The molecule has 1 heterocycles. The Morgan fingerprint density at radius 3 is 2.45 bits per heavy atom. The summed E-state index contributed by atoms with van der Waals surface area (Å²) in [6.07, 6.45) is 2.44. The molecule has 0 aliphatic carbocycles. The van der Waals surface area contributed by atoms with E-state index in [0.29, 0.717) is 0 Å². The van der Waals surface area contributed by atoms with Gasteiger partial charge in [0.05, 0.1) is 0 Å². The van der Waals surface area contributed by atoms with Crippen LogP contribution in [0.4, 0.5) is 0 Å². The molecule has 1 saturated heterocycles. The molecule has 2 rings (SSSR count). The molecule has 1 atom stereocenters. The van der Waals surface area contributed by atoms with E-state index in [1.54, 1.807) is 0 Å². The van der Waals surface area contributed by atoms with Crippen molar-refractivity contribution >= 4 is 0 Å². The van der Waals surface area contributed by atoms with Crippen molar-refractivity contribution in [3.8, 4) is 0 Å². The molecular formula is C18H30N2. The van der Waals surface area contributed by atoms with Crippen molar-refractivity contribution in [3.63, 3.8) is 0 Å². The number of nitrogens with zero attached hydrogens (tertiary/aromatic N) is 1. The minimum atomic E-state index is 0.267. The first-order chi connectivity index (χ1) is 9.43. The van der Waals surface area contributed by atoms with Gasteiger partial charge in [0, 0.05) is 18.6 Å². The first-order valence-corrected chi connectivity index (χ1v) is 7.97. The number of hydrogen-bond donors (Lipinski definition) is 1. The second-order valence-corrected chi connectivity index (χ2v) is 6.78. The second kappa shape index (κ2) is 6.28. The first kappa shape index (κ1) is 15.5. The van der Waals surface area contributed by atoms with Gasteiger partial charge in [0.15, 0.2) is 0 Å². The molecule has 2 nitrogen and oxygen atoms in total. The van der Waals surface area contributed by atoms with E-state index in [1.165, 1.54) is 41.6 Å². The third-order valence-electron chi connectivity index (χ3n) is 4.78. The fourth-order valence-corrected chi connectivity index (χ4v) is 3.38. The zero-order valence-electron chi connectivity index (χ0n) is 13.8. The van der Waals surface area contributed by atoms with Gasteiger partial charge in [-0.2, -0.15) is 0 Å². The Kier molecular flexibility index (Phi) is 4.87. The predicted molar refractivity (Wildman–Crippen MR) is 87.2 cm³/mol. The van der Waals surface area contributed by atoms with Crippen LogP contribution in [0, 0.1) is 20.8 Å². The predicted octanol–water partition coefficient (Wildman–Crippen LogP) is 3.58. The molecule has 1 aromatic rings. The number of aryl methyl sites for hydroxylation is 3. The summed E-state index contributed by atoms with van der Waals surface area (Å²) >= 11 is 0. The molecule has 1 unspecified atom stereocenters. The molecule has 0 saturated carbocycles. The number of rotatable bonds is 3. The number of nitrogens with one attached hydrogen (secondary N) is 1. The van der Waals surface area contributed by atoms with Gasteiger partial charge in [-0.1, -0.05) is 24.6 Å². The van der Waals surface area contributed by atoms with Crippen LogP contribution >= 0.6 is 0 Å². The van der Waals surface area contributed by atoms with Gasteiger partial charge in [-0.15, -0.1) is 0 Å². The van der Waals surface area contributed by atoms with Gasteiger partial charge >= 0.3 is 0 Å². The fraction of sp³-hybridized carbons (Fsp3) is 0.667. The summed E-state index contributed by atoms with van der Waals surface area (Å²) in [5.74, 6) is 0. The summed E-state index contributed by atoms with van der Waals surface area (Å²) in [5.41, 5.74) is 6.05. The Morgan fingerprint density at radius 2 is 1.85 bits per heavy atom. The molecule has 1 fully saturated rings. The van der Waals surface area contributed by atoms with Gasteiger partial charge in [0.2, 0.25) is 0 Å². The molecule has 1 aliphatic heterocycles. The van der Waals surface area contributed by atoms with Gasteiger partial charge in [-0.3, -0.25) is 4.90 Å². The van der Waals surface area contributed by atoms with Crippen LogP contribution in [0.15, 0.2) is 12.1 Å². The minimum Gasteiger partial charge on any atom is -0.310 e. The van der Waals surface area contributed by atoms with Gasteiger partial charge in [0.1, 0.15) is 0 Å². The van der Waals surface area contributed by atoms with Crippen molar-refractivity contribution < 1.29 is 0 Å². The van der Waals surface area contributed by atoms with Crippen LogP contribution in [0.1, 0.15) is 48.9 Å². The molecule has 1 N–H and O–H groups in total. The maximum atomic E-state index is 3.72. The second-order valence-electron chi connectivity index (χ2n) is 6.78. The zero-order chi connectivity index (χ0) is 14.8. The molecular weight excluding hydrogens is 244 g/mol. The Morgan fingerprint density at radius 1 is 1.20 bits per heavy atom. The lowest BCUT2D eigenvalue weighted by Crippen LogP contribution is -2.48. The quantitative estimate of drug-likeness (QED) is 0.906. The van der Waals surface area contributed by atoms with Crippen LogP contribution < -0.4 is 5.32 Å². The van der Waals surface area contributed by atoms with E-state index in [2.05, 4.69) is 57.0 Å². The van der Waals surface area contributed by atoms with Gasteiger partial charge in [0.25, 0.3) is 0 Å². The highest BCUT2D eigenvalue weighted by Crippen LogP contribution is 2.22. The van der Waals surface area contributed by atoms with Crippen molar-refractivity contribution in [1.82, 2.24) is 10.2 Å². The largest absolute Gasteiger partial charge is 0.310 e. The van der Waals surface area contributed by atoms with Crippen molar-refractivity contribution in [2.45, 2.75) is 59.5 Å². The maximum Gasteiger partial charge on any atom is 0.0277 e. The lowest BCUT2D eigenvalue weighted by molar-refractivity contribution is 0.208. The summed E-state index contributed by atoms with van der Waals surface area (Å²) in [6, 6.07) is 4.63. The van der Waals surface area contributed by atoms with E-state index in [-0.39, 0.29) is 5.54 Å². The van der Waals surface area contributed by atoms with Crippen LogP contribution in [-0.4, -0.2) is 30.1 Å². The third kappa shape index (κ3) is 3.62. The molecule has 0 bridgehead atoms. The summed E-state index contributed by atoms with van der Waals surface area (Å²) in [4.78, 5) is 2.63. The normalized spacial score (nSPS) is 24.6. The molecule has 0 radical (unpaired) electrons. The SMILES string of the molecule is CCC1(C)CN(Cc2c(C)cc(C)cc2C)CCCN1. The first-order valence-electron chi connectivity index (χ1n) is 7.97. The van der Waals surface area contributed by atoms with E-state index in [0.717, 1.165) is 19.6 Å². The average molecular weight is 274 g/mol. The molecule has 1 aliphatic rings. The van der Waals surface area contributed by atoms with Crippen molar-refractivity contribution in [2.24, 2.45) is 0 Å². The molecule has 1 aromatic carbocycles. The monoisotopic (exact) mass is 274 g/mol. The molecule has 20 heavy (non-hydrogen) atoms. The fourth-order valence-electron chi connectivity index (χ4n) is 3.38. The molecule has 0 amide bonds. The maximum absolute atomic E-state index is 3.72. The minimum absolute atomic E-state index is 0.267.